The molecule has 1 saturated carbocycles. The highest BCUT2D eigenvalue weighted by atomic mass is 32.2. The Kier molecular flexibility index (Phi) is 12.1. The quantitative estimate of drug-likeness (QED) is 0.166. The van der Waals surface area contributed by atoms with Crippen molar-refractivity contribution in [2.45, 2.75) is 87.9 Å². The number of imide groups is 2. The van der Waals surface area contributed by atoms with Crippen molar-refractivity contribution in [1.29, 1.82) is 0 Å². The van der Waals surface area contributed by atoms with Crippen LogP contribution in [0.4, 0.5) is 20.4 Å². The van der Waals surface area contributed by atoms with Gasteiger partial charge in [-0.15, -0.1) is 0 Å². The van der Waals surface area contributed by atoms with Crippen LogP contribution in [0, 0.1) is 18.6 Å². The van der Waals surface area contributed by atoms with Gasteiger partial charge in [-0.2, -0.15) is 4.98 Å². The van der Waals surface area contributed by atoms with Crippen molar-refractivity contribution in [2.24, 2.45) is 0 Å². The van der Waals surface area contributed by atoms with E-state index in [2.05, 4.69) is 20.5 Å². The van der Waals surface area contributed by atoms with Crippen LogP contribution in [0.3, 0.4) is 0 Å². The Morgan fingerprint density at radius 2 is 1.72 bits per heavy atom. The number of halogens is 2. The summed E-state index contributed by atoms with van der Waals surface area (Å²) in [5.74, 6) is -2.75. The summed E-state index contributed by atoms with van der Waals surface area (Å²) in [5.41, 5.74) is 1.91. The number of benzene rings is 2. The lowest BCUT2D eigenvalue weighted by Gasteiger charge is -2.36. The Morgan fingerprint density at radius 1 is 0.967 bits per heavy atom. The van der Waals surface area contributed by atoms with Crippen LogP contribution in [0.15, 0.2) is 58.4 Å². The van der Waals surface area contributed by atoms with Gasteiger partial charge in [-0.3, -0.25) is 43.7 Å². The van der Waals surface area contributed by atoms with Crippen LogP contribution < -0.4 is 21.1 Å². The van der Waals surface area contributed by atoms with Crippen LogP contribution in [-0.2, 0) is 31.9 Å². The van der Waals surface area contributed by atoms with Crippen LogP contribution in [-0.4, -0.2) is 108 Å². The zero-order valence-corrected chi connectivity index (χ0v) is 34.1. The summed E-state index contributed by atoms with van der Waals surface area (Å²) in [4.78, 5) is 76.2. The van der Waals surface area contributed by atoms with E-state index in [0.717, 1.165) is 37.1 Å². The number of hydrogen-bond donors (Lipinski definition) is 2. The molecule has 0 bridgehead atoms. The van der Waals surface area contributed by atoms with Crippen LogP contribution in [0.2, 0.25) is 0 Å². The first kappa shape index (κ1) is 41.3. The molecule has 15 nitrogen and oxygen atoms in total. The number of piperidine rings is 2. The Balaban J connectivity index is 0.853. The fourth-order valence-corrected chi connectivity index (χ4v) is 10.1. The van der Waals surface area contributed by atoms with Crippen molar-refractivity contribution in [1.82, 2.24) is 34.0 Å². The van der Waals surface area contributed by atoms with E-state index in [0.29, 0.717) is 96.9 Å². The third kappa shape index (κ3) is 8.72. The molecule has 8 rings (SSSR count). The zero-order chi connectivity index (χ0) is 42.1. The standard InChI is InChI=1S/C42H47F2N9O6S/c1-26-18-36(34(44)22-33(26)41(58)52(25-54)35-7-8-37(55)47-40(35)57)50-16-14-49(15-17-50)24-27-19-29(43)21-32(20-27)60(59)51-12-10-30(11-13-51)46-42-45-23-28-6-9-38(56)53(39(28)48-42)31-4-2-3-5-31/h6,9,18-23,25,30-31,35H,2-5,7-8,10-17,24H2,1H3,(H,45,46,48)(H,47,55,57). The van der Waals surface area contributed by atoms with E-state index in [1.165, 1.54) is 12.1 Å². The molecule has 4 aromatic rings. The van der Waals surface area contributed by atoms with Crippen LogP contribution >= 0.6 is 0 Å². The molecule has 3 saturated heterocycles. The third-order valence-electron chi connectivity index (χ3n) is 12.0. The highest BCUT2D eigenvalue weighted by Crippen LogP contribution is 2.31. The van der Waals surface area contributed by atoms with Gasteiger partial charge in [0.15, 0.2) is 0 Å². The number of piperazine rings is 1. The van der Waals surface area contributed by atoms with E-state index in [1.807, 2.05) is 13.8 Å². The van der Waals surface area contributed by atoms with Crippen LogP contribution in [0.5, 0.6) is 0 Å². The number of carbonyl (C=O) groups excluding carboxylic acids is 4. The summed E-state index contributed by atoms with van der Waals surface area (Å²) in [6.07, 6.45) is 7.38. The number of aryl methyl sites for hydroxylation is 1. The fraction of sp³-hybridized carbons (Fsp3) is 0.452. The molecule has 2 aromatic heterocycles. The predicted molar refractivity (Wildman–Crippen MR) is 219 cm³/mol. The third-order valence-corrected chi connectivity index (χ3v) is 13.5. The van der Waals surface area contributed by atoms with Crippen molar-refractivity contribution in [3.63, 3.8) is 0 Å². The minimum Gasteiger partial charge on any atom is -0.367 e. The second-order valence-corrected chi connectivity index (χ2v) is 17.5. The smallest absolute Gasteiger partial charge is 0.261 e. The number of nitrogens with one attached hydrogen (secondary N) is 2. The van der Waals surface area contributed by atoms with Gasteiger partial charge in [0.2, 0.25) is 24.2 Å². The summed E-state index contributed by atoms with van der Waals surface area (Å²) in [6, 6.07) is 9.50. The molecule has 3 aliphatic heterocycles. The second-order valence-electron chi connectivity index (χ2n) is 16.0. The lowest BCUT2D eigenvalue weighted by molar-refractivity contribution is -0.139. The molecule has 5 heterocycles. The van der Waals surface area contributed by atoms with Crippen LogP contribution in [0.1, 0.15) is 78.9 Å². The fourth-order valence-electron chi connectivity index (χ4n) is 8.83. The van der Waals surface area contributed by atoms with Gasteiger partial charge in [0.1, 0.15) is 34.3 Å². The lowest BCUT2D eigenvalue weighted by Crippen LogP contribution is -2.54. The van der Waals surface area contributed by atoms with Crippen molar-refractivity contribution >= 4 is 57.8 Å². The SMILES string of the molecule is Cc1cc(N2CCN(Cc3cc(F)cc(S(=O)N4CCC(Nc5ncc6ccc(=O)n(C7CCCC7)c6n5)CC4)c3)CC2)c(F)cc1C(=O)N(C=O)C1CCC(=O)NC1=O. The maximum atomic E-state index is 15.6. The van der Waals surface area contributed by atoms with Gasteiger partial charge in [-0.05, 0) is 86.6 Å². The van der Waals surface area contributed by atoms with E-state index in [9.17, 15) is 32.6 Å². The monoisotopic (exact) mass is 843 g/mol. The average molecular weight is 844 g/mol. The minimum absolute atomic E-state index is 0.0114. The van der Waals surface area contributed by atoms with Crippen molar-refractivity contribution in [3.8, 4) is 0 Å². The Bertz CT molecular complexity index is 2410. The van der Waals surface area contributed by atoms with E-state index >= 15 is 4.39 Å². The molecule has 1 aliphatic carbocycles. The summed E-state index contributed by atoms with van der Waals surface area (Å²) in [6.45, 7) is 5.01. The number of hydrogen-bond acceptors (Lipinski definition) is 11. The number of carbonyl (C=O) groups is 4. The number of pyridine rings is 1. The van der Waals surface area contributed by atoms with Gasteiger partial charge in [-0.25, -0.2) is 22.3 Å². The molecule has 2 atom stereocenters. The van der Waals surface area contributed by atoms with Crippen molar-refractivity contribution in [2.75, 3.05) is 49.5 Å². The summed E-state index contributed by atoms with van der Waals surface area (Å²) >= 11 is 0. The maximum absolute atomic E-state index is 15.6. The molecule has 4 aliphatic rings. The average Bonchev–Trinajstić information content (AvgIpc) is 3.77. The van der Waals surface area contributed by atoms with Crippen molar-refractivity contribution < 1.29 is 32.2 Å². The van der Waals surface area contributed by atoms with Gasteiger partial charge in [0.25, 0.3) is 11.5 Å². The number of rotatable bonds is 11. The first-order valence-electron chi connectivity index (χ1n) is 20.5. The summed E-state index contributed by atoms with van der Waals surface area (Å²) in [7, 11) is -1.59. The molecule has 2 unspecified atom stereocenters. The number of aromatic nitrogens is 3. The molecule has 4 amide bonds. The molecule has 0 spiro atoms. The molecule has 0 radical (unpaired) electrons. The largest absolute Gasteiger partial charge is 0.367 e. The molecular weight excluding hydrogens is 797 g/mol. The summed E-state index contributed by atoms with van der Waals surface area (Å²) < 4.78 is 48.0. The molecule has 60 heavy (non-hydrogen) atoms. The Morgan fingerprint density at radius 3 is 2.43 bits per heavy atom. The second kappa shape index (κ2) is 17.6. The van der Waals surface area contributed by atoms with Crippen LogP contribution in [0.25, 0.3) is 11.0 Å². The number of fused-ring (bicyclic) bond motifs is 1. The van der Waals surface area contributed by atoms with Gasteiger partial charge in [0.05, 0.1) is 10.6 Å². The predicted octanol–water partition coefficient (Wildman–Crippen LogP) is 3.82. The first-order valence-corrected chi connectivity index (χ1v) is 21.6. The van der Waals surface area contributed by atoms with Gasteiger partial charge in [-0.1, -0.05) is 12.8 Å². The number of nitrogens with zero attached hydrogens (tertiary/aromatic N) is 7. The molecule has 2 aromatic carbocycles. The maximum Gasteiger partial charge on any atom is 0.261 e. The van der Waals surface area contributed by atoms with Gasteiger partial charge < -0.3 is 10.2 Å². The van der Waals surface area contributed by atoms with E-state index in [-0.39, 0.29) is 42.5 Å². The molecule has 2 N–H and O–H groups in total. The topological polar surface area (TPSA) is 170 Å². The van der Waals surface area contributed by atoms with E-state index < -0.39 is 46.4 Å². The highest BCUT2D eigenvalue weighted by Gasteiger charge is 2.36. The van der Waals surface area contributed by atoms with E-state index in [1.54, 1.807) is 37.4 Å². The highest BCUT2D eigenvalue weighted by molar-refractivity contribution is 7.82. The number of anilines is 2. The zero-order valence-electron chi connectivity index (χ0n) is 33.3. The van der Waals surface area contributed by atoms with Gasteiger partial charge >= 0.3 is 0 Å². The molecular formula is C42H47F2N9O6S. The normalized spacial score (nSPS) is 20.3. The summed E-state index contributed by atoms with van der Waals surface area (Å²) in [5, 5.41) is 6.36. The van der Waals surface area contributed by atoms with Gasteiger partial charge in [0, 0.05) is 87.5 Å². The first-order chi connectivity index (χ1) is 28.9. The Labute approximate surface area is 347 Å². The lowest BCUT2D eigenvalue weighted by atomic mass is 10.0. The minimum atomic E-state index is -1.59. The Hall–Kier alpha value is -5.46. The van der Waals surface area contributed by atoms with E-state index in [4.69, 9.17) is 4.98 Å². The molecule has 4 fully saturated rings. The van der Waals surface area contributed by atoms with Crippen molar-refractivity contribution in [3.05, 3.63) is 87.3 Å². The number of amides is 4. The molecule has 18 heteroatoms. The molecule has 316 valence electrons.